The average molecular weight is 324 g/mol. The van der Waals surface area contributed by atoms with Crippen molar-refractivity contribution in [1.29, 1.82) is 0 Å². The van der Waals surface area contributed by atoms with Crippen LogP contribution in [0.5, 0.6) is 0 Å². The van der Waals surface area contributed by atoms with Crippen molar-refractivity contribution in [3.63, 3.8) is 0 Å². The van der Waals surface area contributed by atoms with Gasteiger partial charge in [0, 0.05) is 10.5 Å². The van der Waals surface area contributed by atoms with Crippen LogP contribution in [0.4, 0.5) is 0 Å². The van der Waals surface area contributed by atoms with Gasteiger partial charge in [-0.2, -0.15) is 0 Å². The highest BCUT2D eigenvalue weighted by Gasteiger charge is 2.24. The summed E-state index contributed by atoms with van der Waals surface area (Å²) >= 11 is 3.76. The molecule has 1 unspecified atom stereocenters. The number of aryl methyl sites for hydroxylation is 1. The molecule has 1 aromatic rings. The maximum absolute atomic E-state index is 3.76. The average Bonchev–Trinajstić information content (AvgIpc) is 2.65. The first-order chi connectivity index (χ1) is 9.22. The number of hydrogen-bond acceptors (Lipinski definition) is 1. The van der Waals surface area contributed by atoms with Gasteiger partial charge >= 0.3 is 0 Å². The minimum Gasteiger partial charge on any atom is -0.310 e. The third kappa shape index (κ3) is 4.06. The molecule has 0 amide bonds. The second kappa shape index (κ2) is 7.44. The number of halogens is 1. The van der Waals surface area contributed by atoms with Gasteiger partial charge in [-0.15, -0.1) is 0 Å². The molecule has 0 bridgehead atoms. The Morgan fingerprint density at radius 1 is 1.21 bits per heavy atom. The van der Waals surface area contributed by atoms with Gasteiger partial charge in [-0.25, -0.2) is 0 Å². The monoisotopic (exact) mass is 323 g/mol. The van der Waals surface area contributed by atoms with Crippen LogP contribution in [0.3, 0.4) is 0 Å². The van der Waals surface area contributed by atoms with Crippen LogP contribution >= 0.6 is 15.9 Å². The van der Waals surface area contributed by atoms with Crippen LogP contribution in [0.15, 0.2) is 22.7 Å². The molecule has 0 radical (unpaired) electrons. The van der Waals surface area contributed by atoms with Crippen LogP contribution in [0.1, 0.15) is 62.6 Å². The minimum absolute atomic E-state index is 0.512. The second-order valence-electron chi connectivity index (χ2n) is 5.81. The zero-order valence-corrected chi connectivity index (χ0v) is 13.8. The zero-order chi connectivity index (χ0) is 13.7. The summed E-state index contributed by atoms with van der Waals surface area (Å²) in [6, 6.07) is 7.30. The minimum atomic E-state index is 0.512. The fraction of sp³-hybridized carbons (Fsp3) is 0.647. The molecule has 0 aliphatic heterocycles. The molecule has 0 saturated heterocycles. The summed E-state index contributed by atoms with van der Waals surface area (Å²) in [6.45, 7) is 5.41. The first-order valence-corrected chi connectivity index (χ1v) is 8.51. The van der Waals surface area contributed by atoms with Crippen molar-refractivity contribution in [2.45, 2.75) is 58.4 Å². The van der Waals surface area contributed by atoms with Crippen molar-refractivity contribution >= 4 is 15.9 Å². The highest BCUT2D eigenvalue weighted by atomic mass is 79.9. The van der Waals surface area contributed by atoms with E-state index in [2.05, 4.69) is 53.3 Å². The molecule has 2 rings (SSSR count). The molecule has 1 nitrogen and oxygen atoms in total. The Kier molecular flexibility index (Phi) is 5.90. The fourth-order valence-electron chi connectivity index (χ4n) is 3.28. The van der Waals surface area contributed by atoms with Gasteiger partial charge in [0.15, 0.2) is 0 Å². The predicted octanol–water partition coefficient (Wildman–Crippen LogP) is 5.38. The first-order valence-electron chi connectivity index (χ1n) is 7.71. The lowest BCUT2D eigenvalue weighted by molar-refractivity contribution is 0.329. The Labute approximate surface area is 126 Å². The van der Waals surface area contributed by atoms with E-state index in [1.165, 1.54) is 54.1 Å². The van der Waals surface area contributed by atoms with Crippen molar-refractivity contribution in [3.8, 4) is 0 Å². The van der Waals surface area contributed by atoms with Gasteiger partial charge in [-0.05, 0) is 49.4 Å². The van der Waals surface area contributed by atoms with Gasteiger partial charge in [0.25, 0.3) is 0 Å². The molecule has 1 fully saturated rings. The lowest BCUT2D eigenvalue weighted by Crippen LogP contribution is -2.28. The van der Waals surface area contributed by atoms with Gasteiger partial charge < -0.3 is 5.32 Å². The maximum atomic E-state index is 3.76. The van der Waals surface area contributed by atoms with E-state index < -0.39 is 0 Å². The van der Waals surface area contributed by atoms with Crippen LogP contribution in [-0.2, 0) is 0 Å². The normalized spacial score (nSPS) is 19.1. The smallest absolute Gasteiger partial charge is 0.0359 e. The number of rotatable bonds is 4. The van der Waals surface area contributed by atoms with E-state index >= 15 is 0 Å². The summed E-state index contributed by atoms with van der Waals surface area (Å²) in [5, 5.41) is 3.73. The van der Waals surface area contributed by atoms with Crippen molar-refractivity contribution in [2.24, 2.45) is 5.92 Å². The largest absolute Gasteiger partial charge is 0.310 e. The third-order valence-corrected chi connectivity index (χ3v) is 4.97. The van der Waals surface area contributed by atoms with Gasteiger partial charge in [-0.1, -0.05) is 60.7 Å². The topological polar surface area (TPSA) is 12.0 Å². The third-order valence-electron chi connectivity index (χ3n) is 4.29. The lowest BCUT2D eigenvalue weighted by Gasteiger charge is -2.28. The van der Waals surface area contributed by atoms with Crippen LogP contribution in [0.2, 0.25) is 0 Å². The highest BCUT2D eigenvalue weighted by Crippen LogP contribution is 2.36. The Morgan fingerprint density at radius 3 is 2.47 bits per heavy atom. The van der Waals surface area contributed by atoms with Gasteiger partial charge in [0.2, 0.25) is 0 Å². The molecule has 2 heteroatoms. The highest BCUT2D eigenvalue weighted by molar-refractivity contribution is 9.10. The maximum Gasteiger partial charge on any atom is 0.0359 e. The number of nitrogens with one attached hydrogen (secondary N) is 1. The Balaban J connectivity index is 2.22. The van der Waals surface area contributed by atoms with Crippen LogP contribution in [-0.4, -0.2) is 6.54 Å². The van der Waals surface area contributed by atoms with Gasteiger partial charge in [0.05, 0.1) is 0 Å². The Hall–Kier alpha value is -0.340. The summed E-state index contributed by atoms with van der Waals surface area (Å²) in [5.74, 6) is 0.793. The second-order valence-corrected chi connectivity index (χ2v) is 6.67. The van der Waals surface area contributed by atoms with Gasteiger partial charge in [-0.3, -0.25) is 0 Å². The quantitative estimate of drug-likeness (QED) is 0.733. The van der Waals surface area contributed by atoms with E-state index in [4.69, 9.17) is 0 Å². The zero-order valence-electron chi connectivity index (χ0n) is 12.2. The molecule has 19 heavy (non-hydrogen) atoms. The number of benzene rings is 1. The SMILES string of the molecule is CCNC(c1ccc(C)cc1Br)C1CCCCCC1. The van der Waals surface area contributed by atoms with E-state index in [0.29, 0.717) is 6.04 Å². The molecule has 106 valence electrons. The summed E-state index contributed by atoms with van der Waals surface area (Å²) < 4.78 is 1.27. The van der Waals surface area contributed by atoms with Crippen molar-refractivity contribution in [1.82, 2.24) is 5.32 Å². The van der Waals surface area contributed by atoms with E-state index in [1.807, 2.05) is 0 Å². The van der Waals surface area contributed by atoms with E-state index in [1.54, 1.807) is 0 Å². The summed E-state index contributed by atoms with van der Waals surface area (Å²) in [7, 11) is 0. The van der Waals surface area contributed by atoms with E-state index in [9.17, 15) is 0 Å². The molecule has 1 aliphatic carbocycles. The summed E-state index contributed by atoms with van der Waals surface area (Å²) in [5.41, 5.74) is 2.77. The first kappa shape index (κ1) is 15.1. The Morgan fingerprint density at radius 2 is 1.89 bits per heavy atom. The molecule has 0 spiro atoms. The molecule has 1 aliphatic rings. The molecule has 1 aromatic carbocycles. The summed E-state index contributed by atoms with van der Waals surface area (Å²) in [6.07, 6.45) is 8.39. The van der Waals surface area contributed by atoms with Crippen LogP contribution in [0, 0.1) is 12.8 Å². The lowest BCUT2D eigenvalue weighted by atomic mass is 9.87. The summed E-state index contributed by atoms with van der Waals surface area (Å²) in [4.78, 5) is 0. The molecule has 1 atom stereocenters. The molecular formula is C17H26BrN. The molecule has 0 aromatic heterocycles. The number of hydrogen-bond donors (Lipinski definition) is 1. The molecule has 0 heterocycles. The van der Waals surface area contributed by atoms with E-state index in [0.717, 1.165) is 12.5 Å². The van der Waals surface area contributed by atoms with E-state index in [-0.39, 0.29) is 0 Å². The van der Waals surface area contributed by atoms with Gasteiger partial charge in [0.1, 0.15) is 0 Å². The Bertz CT molecular complexity index is 394. The van der Waals surface area contributed by atoms with Crippen LogP contribution in [0.25, 0.3) is 0 Å². The molecule has 1 saturated carbocycles. The van der Waals surface area contributed by atoms with Crippen molar-refractivity contribution < 1.29 is 0 Å². The van der Waals surface area contributed by atoms with Crippen LogP contribution < -0.4 is 5.32 Å². The van der Waals surface area contributed by atoms with Crippen molar-refractivity contribution in [2.75, 3.05) is 6.54 Å². The molecular weight excluding hydrogens is 298 g/mol. The fourth-order valence-corrected chi connectivity index (χ4v) is 4.02. The van der Waals surface area contributed by atoms with Crippen molar-refractivity contribution in [3.05, 3.63) is 33.8 Å². The standard InChI is InChI=1S/C17H26BrN/c1-3-19-17(14-8-6-4-5-7-9-14)15-11-10-13(2)12-16(15)18/h10-12,14,17,19H,3-9H2,1-2H3. The predicted molar refractivity (Wildman–Crippen MR) is 86.5 cm³/mol. The molecule has 1 N–H and O–H groups in total.